The molecule has 25 heavy (non-hydrogen) atoms. The number of carbonyl (C=O) groups excluding carboxylic acids is 1. The first kappa shape index (κ1) is 16.9. The van der Waals surface area contributed by atoms with E-state index in [4.69, 9.17) is 11.6 Å². The van der Waals surface area contributed by atoms with Crippen LogP contribution in [0.3, 0.4) is 0 Å². The molecule has 0 bridgehead atoms. The molecule has 1 atom stereocenters. The van der Waals surface area contributed by atoms with Crippen LogP contribution in [0.25, 0.3) is 12.2 Å². The van der Waals surface area contributed by atoms with Crippen LogP contribution in [0.15, 0.2) is 48.6 Å². The Balaban J connectivity index is 1.95. The van der Waals surface area contributed by atoms with Crippen LogP contribution in [0.1, 0.15) is 11.1 Å². The number of nitriles is 1. The SMILES string of the molecule is N#CC1C=Cc2cc(F)c(F)cc2N1C(=O)/C=C/c1ccc(Cl)cc1. The molecular formula is C19H11ClF2N2O. The van der Waals surface area contributed by atoms with Crippen LogP contribution < -0.4 is 4.90 Å². The highest BCUT2D eigenvalue weighted by Gasteiger charge is 2.28. The van der Waals surface area contributed by atoms with Crippen LogP contribution in [0.2, 0.25) is 5.02 Å². The summed E-state index contributed by atoms with van der Waals surface area (Å²) in [5.41, 5.74) is 1.22. The van der Waals surface area contributed by atoms with E-state index in [9.17, 15) is 18.8 Å². The van der Waals surface area contributed by atoms with Gasteiger partial charge < -0.3 is 0 Å². The number of fused-ring (bicyclic) bond motifs is 1. The van der Waals surface area contributed by atoms with E-state index in [1.165, 1.54) is 18.2 Å². The molecule has 0 radical (unpaired) electrons. The van der Waals surface area contributed by atoms with Crippen molar-refractivity contribution in [1.29, 1.82) is 5.26 Å². The Morgan fingerprint density at radius 2 is 1.88 bits per heavy atom. The van der Waals surface area contributed by atoms with E-state index in [0.29, 0.717) is 10.6 Å². The summed E-state index contributed by atoms with van der Waals surface area (Å²) in [7, 11) is 0. The Hall–Kier alpha value is -2.97. The van der Waals surface area contributed by atoms with Crippen LogP contribution in [-0.2, 0) is 4.79 Å². The molecule has 3 rings (SSSR count). The fraction of sp³-hybridized carbons (Fsp3) is 0.0526. The molecule has 0 N–H and O–H groups in total. The van der Waals surface area contributed by atoms with Gasteiger partial charge in [-0.15, -0.1) is 0 Å². The molecule has 0 aliphatic carbocycles. The molecule has 6 heteroatoms. The molecule has 124 valence electrons. The lowest BCUT2D eigenvalue weighted by molar-refractivity contribution is -0.114. The van der Waals surface area contributed by atoms with Crippen molar-refractivity contribution in [3.8, 4) is 6.07 Å². The van der Waals surface area contributed by atoms with Gasteiger partial charge in [-0.3, -0.25) is 9.69 Å². The maximum Gasteiger partial charge on any atom is 0.252 e. The zero-order valence-electron chi connectivity index (χ0n) is 12.8. The van der Waals surface area contributed by atoms with Crippen molar-refractivity contribution in [3.05, 3.63) is 76.3 Å². The Labute approximate surface area is 148 Å². The van der Waals surface area contributed by atoms with Gasteiger partial charge in [0.15, 0.2) is 11.6 Å². The summed E-state index contributed by atoms with van der Waals surface area (Å²) in [5, 5.41) is 9.84. The van der Waals surface area contributed by atoms with E-state index < -0.39 is 23.6 Å². The minimum Gasteiger partial charge on any atom is -0.288 e. The highest BCUT2D eigenvalue weighted by atomic mass is 35.5. The van der Waals surface area contributed by atoms with Crippen molar-refractivity contribution in [2.75, 3.05) is 4.90 Å². The van der Waals surface area contributed by atoms with Gasteiger partial charge in [-0.25, -0.2) is 8.78 Å². The van der Waals surface area contributed by atoms with Gasteiger partial charge >= 0.3 is 0 Å². The van der Waals surface area contributed by atoms with Crippen molar-refractivity contribution in [2.24, 2.45) is 0 Å². The molecule has 1 unspecified atom stereocenters. The van der Waals surface area contributed by atoms with Gasteiger partial charge in [0, 0.05) is 22.7 Å². The molecule has 3 nitrogen and oxygen atoms in total. The smallest absolute Gasteiger partial charge is 0.252 e. The van der Waals surface area contributed by atoms with Gasteiger partial charge in [-0.1, -0.05) is 29.8 Å². The molecule has 1 aliphatic rings. The summed E-state index contributed by atoms with van der Waals surface area (Å²) < 4.78 is 27.0. The second-order valence-corrected chi connectivity index (χ2v) is 5.79. The first-order valence-corrected chi connectivity index (χ1v) is 7.71. The standard InChI is InChI=1S/C19H11ClF2N2O/c20-14-5-1-12(2-6-14)3-8-19(25)24-15(11-23)7-4-13-9-16(21)17(22)10-18(13)24/h1-10,15H/b8-3+. The average molecular weight is 357 g/mol. The number of nitrogens with zero attached hydrogens (tertiary/aromatic N) is 2. The third kappa shape index (κ3) is 3.44. The summed E-state index contributed by atoms with van der Waals surface area (Å²) in [6.45, 7) is 0. The Kier molecular flexibility index (Phi) is 4.64. The molecular weight excluding hydrogens is 346 g/mol. The Morgan fingerprint density at radius 1 is 1.20 bits per heavy atom. The normalized spacial score (nSPS) is 15.9. The van der Waals surface area contributed by atoms with Gasteiger partial charge in [0.25, 0.3) is 5.91 Å². The molecule has 2 aromatic rings. The fourth-order valence-electron chi connectivity index (χ4n) is 2.50. The van der Waals surface area contributed by atoms with Crippen LogP contribution in [0.5, 0.6) is 0 Å². The summed E-state index contributed by atoms with van der Waals surface area (Å²) in [5.74, 6) is -2.61. The number of hydrogen-bond donors (Lipinski definition) is 0. The van der Waals surface area contributed by atoms with Crippen molar-refractivity contribution in [2.45, 2.75) is 6.04 Å². The maximum atomic E-state index is 13.6. The predicted octanol–water partition coefficient (Wildman–Crippen LogP) is 4.58. The van der Waals surface area contributed by atoms with Gasteiger partial charge in [-0.05, 0) is 35.9 Å². The van der Waals surface area contributed by atoms with E-state index in [1.807, 2.05) is 6.07 Å². The number of rotatable bonds is 2. The zero-order chi connectivity index (χ0) is 18.0. The molecule has 2 aromatic carbocycles. The quantitative estimate of drug-likeness (QED) is 0.739. The van der Waals surface area contributed by atoms with Gasteiger partial charge in [0.2, 0.25) is 0 Å². The van der Waals surface area contributed by atoms with Crippen molar-refractivity contribution in [3.63, 3.8) is 0 Å². The molecule has 0 saturated heterocycles. The molecule has 1 heterocycles. The monoisotopic (exact) mass is 356 g/mol. The Morgan fingerprint density at radius 3 is 2.56 bits per heavy atom. The maximum absolute atomic E-state index is 13.6. The van der Waals surface area contributed by atoms with Crippen LogP contribution >= 0.6 is 11.6 Å². The Bertz CT molecular complexity index is 930. The molecule has 1 aliphatic heterocycles. The lowest BCUT2D eigenvalue weighted by Crippen LogP contribution is -2.39. The number of anilines is 1. The highest BCUT2D eigenvalue weighted by Crippen LogP contribution is 2.31. The lowest BCUT2D eigenvalue weighted by Gasteiger charge is -2.29. The summed E-state index contributed by atoms with van der Waals surface area (Å²) in [4.78, 5) is 13.7. The van der Waals surface area contributed by atoms with Crippen LogP contribution in [0.4, 0.5) is 14.5 Å². The van der Waals surface area contributed by atoms with Gasteiger partial charge in [0.05, 0.1) is 11.8 Å². The van der Waals surface area contributed by atoms with Crippen molar-refractivity contribution in [1.82, 2.24) is 0 Å². The third-order valence-corrected chi connectivity index (χ3v) is 3.98. The molecule has 0 aromatic heterocycles. The third-order valence-electron chi connectivity index (χ3n) is 3.72. The van der Waals surface area contributed by atoms with E-state index in [2.05, 4.69) is 0 Å². The zero-order valence-corrected chi connectivity index (χ0v) is 13.5. The molecule has 0 fully saturated rings. The molecule has 0 saturated carbocycles. The van der Waals surface area contributed by atoms with Crippen LogP contribution in [-0.4, -0.2) is 11.9 Å². The average Bonchev–Trinajstić information content (AvgIpc) is 2.61. The van der Waals surface area contributed by atoms with E-state index >= 15 is 0 Å². The van der Waals surface area contributed by atoms with Crippen molar-refractivity contribution < 1.29 is 13.6 Å². The molecule has 1 amide bonds. The first-order valence-electron chi connectivity index (χ1n) is 7.33. The van der Waals surface area contributed by atoms with Gasteiger partial charge in [-0.2, -0.15) is 5.26 Å². The number of amides is 1. The number of carbonyl (C=O) groups is 1. The number of benzene rings is 2. The number of hydrogen-bond acceptors (Lipinski definition) is 2. The summed E-state index contributed by atoms with van der Waals surface area (Å²) >= 11 is 5.81. The first-order chi connectivity index (χ1) is 12.0. The summed E-state index contributed by atoms with van der Waals surface area (Å²) in [6, 6.07) is 9.81. The predicted molar refractivity (Wildman–Crippen MR) is 92.8 cm³/mol. The minimum absolute atomic E-state index is 0.152. The van der Waals surface area contributed by atoms with E-state index in [-0.39, 0.29) is 5.69 Å². The largest absolute Gasteiger partial charge is 0.288 e. The number of halogens is 3. The molecule has 0 spiro atoms. The van der Waals surface area contributed by atoms with E-state index in [0.717, 1.165) is 22.6 Å². The van der Waals surface area contributed by atoms with Gasteiger partial charge in [0.1, 0.15) is 6.04 Å². The second-order valence-electron chi connectivity index (χ2n) is 5.35. The topological polar surface area (TPSA) is 44.1 Å². The minimum atomic E-state index is -1.08. The van der Waals surface area contributed by atoms with Crippen molar-refractivity contribution >= 4 is 35.3 Å². The van der Waals surface area contributed by atoms with E-state index in [1.54, 1.807) is 30.3 Å². The lowest BCUT2D eigenvalue weighted by atomic mass is 10.0. The second kappa shape index (κ2) is 6.88. The fourth-order valence-corrected chi connectivity index (χ4v) is 2.63. The highest BCUT2D eigenvalue weighted by molar-refractivity contribution is 6.30. The van der Waals surface area contributed by atoms with Crippen LogP contribution in [0, 0.1) is 23.0 Å². The summed E-state index contributed by atoms with van der Waals surface area (Å²) in [6.07, 6.45) is 5.80.